The van der Waals surface area contributed by atoms with E-state index < -0.39 is 0 Å². The van der Waals surface area contributed by atoms with E-state index in [4.69, 9.17) is 0 Å². The van der Waals surface area contributed by atoms with E-state index in [-0.39, 0.29) is 11.7 Å². The van der Waals surface area contributed by atoms with Crippen LogP contribution in [0.15, 0.2) is 47.8 Å². The van der Waals surface area contributed by atoms with E-state index in [1.807, 2.05) is 35.7 Å². The Morgan fingerprint density at radius 3 is 2.78 bits per heavy atom. The van der Waals surface area contributed by atoms with E-state index in [1.165, 1.54) is 17.4 Å². The van der Waals surface area contributed by atoms with Gasteiger partial charge < -0.3 is 5.32 Å². The van der Waals surface area contributed by atoms with E-state index in [9.17, 15) is 9.18 Å². The number of benzene rings is 2. The number of carbonyl (C=O) groups is 1. The van der Waals surface area contributed by atoms with Crippen molar-refractivity contribution in [2.75, 3.05) is 5.32 Å². The number of amides is 1. The van der Waals surface area contributed by atoms with E-state index in [1.54, 1.807) is 6.07 Å². The lowest BCUT2D eigenvalue weighted by Crippen LogP contribution is -2.19. The molecule has 1 aliphatic heterocycles. The lowest BCUT2D eigenvalue weighted by molar-refractivity contribution is -0.116. The molecule has 0 unspecified atom stereocenters. The van der Waals surface area contributed by atoms with Gasteiger partial charge in [-0.25, -0.2) is 9.37 Å². The SMILES string of the molecule is O=C1CCc2cc(-c3csc(-c4ccccc4)n3)c(F)cc2N1. The Balaban J connectivity index is 1.74. The summed E-state index contributed by atoms with van der Waals surface area (Å²) < 4.78 is 14.4. The predicted octanol–water partition coefficient (Wildman–Crippen LogP) is 4.50. The topological polar surface area (TPSA) is 42.0 Å². The highest BCUT2D eigenvalue weighted by atomic mass is 32.1. The fourth-order valence-electron chi connectivity index (χ4n) is 2.71. The van der Waals surface area contributed by atoms with E-state index in [2.05, 4.69) is 10.3 Å². The van der Waals surface area contributed by atoms with Gasteiger partial charge >= 0.3 is 0 Å². The number of thiazole rings is 1. The number of hydrogen-bond donors (Lipinski definition) is 1. The first kappa shape index (κ1) is 14.1. The molecular formula is C18H13FN2OS. The number of aromatic nitrogens is 1. The average molecular weight is 324 g/mol. The molecule has 4 rings (SSSR count). The Kier molecular flexibility index (Phi) is 3.42. The van der Waals surface area contributed by atoms with Crippen LogP contribution in [0.3, 0.4) is 0 Å². The largest absolute Gasteiger partial charge is 0.326 e. The van der Waals surface area contributed by atoms with Crippen molar-refractivity contribution < 1.29 is 9.18 Å². The lowest BCUT2D eigenvalue weighted by Gasteiger charge is -2.17. The van der Waals surface area contributed by atoms with E-state index in [0.29, 0.717) is 29.8 Å². The second-order valence-electron chi connectivity index (χ2n) is 5.44. The molecule has 0 spiro atoms. The summed E-state index contributed by atoms with van der Waals surface area (Å²) in [4.78, 5) is 16.0. The summed E-state index contributed by atoms with van der Waals surface area (Å²) in [5.41, 5.74) is 3.66. The second kappa shape index (κ2) is 5.59. The van der Waals surface area contributed by atoms with Crippen molar-refractivity contribution in [2.24, 2.45) is 0 Å². The summed E-state index contributed by atoms with van der Waals surface area (Å²) in [6, 6.07) is 13.0. The van der Waals surface area contributed by atoms with Crippen molar-refractivity contribution in [1.82, 2.24) is 4.98 Å². The molecule has 0 saturated carbocycles. The van der Waals surface area contributed by atoms with Crippen LogP contribution in [0.5, 0.6) is 0 Å². The van der Waals surface area contributed by atoms with Gasteiger partial charge in [-0.1, -0.05) is 30.3 Å². The lowest BCUT2D eigenvalue weighted by atomic mass is 9.99. The van der Waals surface area contributed by atoms with Gasteiger partial charge in [0.25, 0.3) is 0 Å². The molecule has 5 heteroatoms. The fraction of sp³-hybridized carbons (Fsp3) is 0.111. The molecule has 1 N–H and O–H groups in total. The minimum Gasteiger partial charge on any atom is -0.326 e. The van der Waals surface area contributed by atoms with Crippen LogP contribution in [0.25, 0.3) is 21.8 Å². The Labute approximate surface area is 136 Å². The molecule has 0 radical (unpaired) electrons. The third-order valence-corrected chi connectivity index (χ3v) is 4.78. The summed E-state index contributed by atoms with van der Waals surface area (Å²) in [6.45, 7) is 0. The molecule has 2 aromatic carbocycles. The summed E-state index contributed by atoms with van der Waals surface area (Å²) in [6.07, 6.45) is 1.06. The molecule has 1 aromatic heterocycles. The van der Waals surface area contributed by atoms with Crippen molar-refractivity contribution in [2.45, 2.75) is 12.8 Å². The molecule has 1 amide bonds. The molecule has 0 aliphatic carbocycles. The smallest absolute Gasteiger partial charge is 0.224 e. The maximum atomic E-state index is 14.4. The van der Waals surface area contributed by atoms with Crippen LogP contribution < -0.4 is 5.32 Å². The van der Waals surface area contributed by atoms with Gasteiger partial charge in [0.05, 0.1) is 5.69 Å². The van der Waals surface area contributed by atoms with Gasteiger partial charge in [0.1, 0.15) is 10.8 Å². The van der Waals surface area contributed by atoms with Crippen LogP contribution in [0.1, 0.15) is 12.0 Å². The summed E-state index contributed by atoms with van der Waals surface area (Å²) in [5.74, 6) is -0.430. The first-order valence-corrected chi connectivity index (χ1v) is 8.22. The number of hydrogen-bond acceptors (Lipinski definition) is 3. The van der Waals surface area contributed by atoms with Gasteiger partial charge in [0, 0.05) is 28.6 Å². The van der Waals surface area contributed by atoms with E-state index >= 15 is 0 Å². The van der Waals surface area contributed by atoms with Crippen LogP contribution in [0.2, 0.25) is 0 Å². The van der Waals surface area contributed by atoms with Crippen molar-refractivity contribution in [3.05, 3.63) is 59.2 Å². The average Bonchev–Trinajstić information content (AvgIpc) is 3.05. The van der Waals surface area contributed by atoms with Crippen LogP contribution in [-0.4, -0.2) is 10.9 Å². The first-order valence-electron chi connectivity index (χ1n) is 7.34. The minimum atomic E-state index is -0.365. The Morgan fingerprint density at radius 2 is 1.96 bits per heavy atom. The van der Waals surface area contributed by atoms with Gasteiger partial charge in [-0.15, -0.1) is 11.3 Å². The molecule has 3 nitrogen and oxygen atoms in total. The molecule has 114 valence electrons. The molecular weight excluding hydrogens is 311 g/mol. The highest BCUT2D eigenvalue weighted by Crippen LogP contribution is 2.34. The maximum Gasteiger partial charge on any atom is 0.224 e. The minimum absolute atomic E-state index is 0.0651. The second-order valence-corrected chi connectivity index (χ2v) is 6.30. The van der Waals surface area contributed by atoms with Gasteiger partial charge in [0.15, 0.2) is 0 Å². The monoisotopic (exact) mass is 324 g/mol. The number of anilines is 1. The number of fused-ring (bicyclic) bond motifs is 1. The van der Waals surface area contributed by atoms with Crippen molar-refractivity contribution in [3.8, 4) is 21.8 Å². The third-order valence-electron chi connectivity index (χ3n) is 3.89. The quantitative estimate of drug-likeness (QED) is 0.754. The predicted molar refractivity (Wildman–Crippen MR) is 89.9 cm³/mol. The zero-order valence-electron chi connectivity index (χ0n) is 12.2. The molecule has 23 heavy (non-hydrogen) atoms. The molecule has 3 aromatic rings. The highest BCUT2D eigenvalue weighted by molar-refractivity contribution is 7.13. The van der Waals surface area contributed by atoms with Gasteiger partial charge in [-0.2, -0.15) is 0 Å². The Morgan fingerprint density at radius 1 is 1.13 bits per heavy atom. The zero-order chi connectivity index (χ0) is 15.8. The van der Waals surface area contributed by atoms with Gasteiger partial charge in [-0.05, 0) is 24.1 Å². The number of nitrogens with one attached hydrogen (secondary N) is 1. The molecule has 0 bridgehead atoms. The third kappa shape index (κ3) is 2.64. The summed E-state index contributed by atoms with van der Waals surface area (Å²) in [7, 11) is 0. The van der Waals surface area contributed by atoms with Crippen molar-refractivity contribution in [1.29, 1.82) is 0 Å². The number of halogens is 1. The highest BCUT2D eigenvalue weighted by Gasteiger charge is 2.19. The molecule has 0 saturated heterocycles. The zero-order valence-corrected chi connectivity index (χ0v) is 13.0. The van der Waals surface area contributed by atoms with Crippen LogP contribution in [0.4, 0.5) is 10.1 Å². The van der Waals surface area contributed by atoms with Crippen LogP contribution >= 0.6 is 11.3 Å². The van der Waals surface area contributed by atoms with Gasteiger partial charge in [0.2, 0.25) is 5.91 Å². The first-order chi connectivity index (χ1) is 11.2. The summed E-state index contributed by atoms with van der Waals surface area (Å²) in [5, 5.41) is 5.45. The maximum absolute atomic E-state index is 14.4. The van der Waals surface area contributed by atoms with Crippen molar-refractivity contribution >= 4 is 22.9 Å². The van der Waals surface area contributed by atoms with Gasteiger partial charge in [-0.3, -0.25) is 4.79 Å². The molecule has 0 atom stereocenters. The normalized spacial score (nSPS) is 13.5. The Bertz CT molecular complexity index is 889. The summed E-state index contributed by atoms with van der Waals surface area (Å²) >= 11 is 1.50. The van der Waals surface area contributed by atoms with Crippen LogP contribution in [0, 0.1) is 5.82 Å². The number of rotatable bonds is 2. The molecule has 0 fully saturated rings. The fourth-order valence-corrected chi connectivity index (χ4v) is 3.54. The van der Waals surface area contributed by atoms with Crippen molar-refractivity contribution in [3.63, 3.8) is 0 Å². The molecule has 1 aliphatic rings. The molecule has 2 heterocycles. The van der Waals surface area contributed by atoms with Crippen LogP contribution in [-0.2, 0) is 11.2 Å². The Hall–Kier alpha value is -2.53. The standard InChI is InChI=1S/C18H13FN2OS/c19-14-9-15-12(6-7-17(22)20-15)8-13(14)16-10-23-18(21-16)11-4-2-1-3-5-11/h1-5,8-10H,6-7H2,(H,20,22). The van der Waals surface area contributed by atoms with E-state index in [0.717, 1.165) is 16.1 Å². The number of aryl methyl sites for hydroxylation is 1. The number of nitrogens with zero attached hydrogens (tertiary/aromatic N) is 1. The number of carbonyl (C=O) groups excluding carboxylic acids is 1.